The number of rotatable bonds is 5. The van der Waals surface area contributed by atoms with Gasteiger partial charge in [0.25, 0.3) is 0 Å². The van der Waals surface area contributed by atoms with Crippen LogP contribution >= 0.6 is 0 Å². The summed E-state index contributed by atoms with van der Waals surface area (Å²) in [6.07, 6.45) is -0.248. The third-order valence-electron chi connectivity index (χ3n) is 3.18. The third kappa shape index (κ3) is 3.14. The summed E-state index contributed by atoms with van der Waals surface area (Å²) in [4.78, 5) is 9.19. The van der Waals surface area contributed by atoms with Gasteiger partial charge in [0.05, 0.1) is 0 Å². The first-order valence-electron chi connectivity index (χ1n) is 6.80. The van der Waals surface area contributed by atoms with E-state index in [9.17, 15) is 0 Å². The van der Waals surface area contributed by atoms with Crippen molar-refractivity contribution in [3.63, 3.8) is 0 Å². The Morgan fingerprint density at radius 2 is 1.80 bits per heavy atom. The fourth-order valence-electron chi connectivity index (χ4n) is 2.04. The van der Waals surface area contributed by atoms with Crippen molar-refractivity contribution in [1.29, 1.82) is 0 Å². The zero-order valence-electron chi connectivity index (χ0n) is 12.4. The molecule has 4 heteroatoms. The fraction of sp³-hybridized carbons (Fsp3) is 0.375. The van der Waals surface area contributed by atoms with Gasteiger partial charge in [0.1, 0.15) is 11.9 Å². The normalized spacial score (nSPS) is 12.4. The lowest BCUT2D eigenvalue weighted by atomic mass is 10.1. The van der Waals surface area contributed by atoms with E-state index < -0.39 is 0 Å². The van der Waals surface area contributed by atoms with E-state index in [0.717, 1.165) is 17.1 Å². The molecule has 0 radical (unpaired) electrons. The number of nitrogens with one attached hydrogen (secondary N) is 1. The highest BCUT2D eigenvalue weighted by Crippen LogP contribution is 2.25. The lowest BCUT2D eigenvalue weighted by molar-refractivity contribution is 0.129. The van der Waals surface area contributed by atoms with Crippen LogP contribution in [0.3, 0.4) is 0 Å². The maximum atomic E-state index is 5.60. The standard InChI is InChI=1S/C16H21N3O/c1-11(2)13-10-14(17-3)19-16(18-13)15(20-4)12-8-6-5-7-9-12/h5-11,15H,1-4H3,(H,17,18,19). The molecule has 1 aromatic carbocycles. The van der Waals surface area contributed by atoms with Crippen LogP contribution in [0.2, 0.25) is 0 Å². The Hall–Kier alpha value is -1.94. The first kappa shape index (κ1) is 14.5. The summed E-state index contributed by atoms with van der Waals surface area (Å²) in [5, 5.41) is 3.09. The van der Waals surface area contributed by atoms with Gasteiger partial charge in [-0.3, -0.25) is 0 Å². The van der Waals surface area contributed by atoms with E-state index in [1.165, 1.54) is 0 Å². The summed E-state index contributed by atoms with van der Waals surface area (Å²) in [6, 6.07) is 12.0. The summed E-state index contributed by atoms with van der Waals surface area (Å²) in [7, 11) is 3.54. The van der Waals surface area contributed by atoms with E-state index in [4.69, 9.17) is 4.74 Å². The molecule has 4 nitrogen and oxygen atoms in total. The molecule has 2 rings (SSSR count). The molecule has 0 bridgehead atoms. The summed E-state index contributed by atoms with van der Waals surface area (Å²) < 4.78 is 5.60. The van der Waals surface area contributed by atoms with Crippen molar-refractivity contribution in [1.82, 2.24) is 9.97 Å². The van der Waals surface area contributed by atoms with Crippen LogP contribution < -0.4 is 5.32 Å². The smallest absolute Gasteiger partial charge is 0.164 e. The second-order valence-electron chi connectivity index (χ2n) is 4.97. The minimum atomic E-state index is -0.248. The number of hydrogen-bond donors (Lipinski definition) is 1. The number of benzene rings is 1. The Morgan fingerprint density at radius 1 is 1.10 bits per heavy atom. The lowest BCUT2D eigenvalue weighted by Gasteiger charge is -2.17. The van der Waals surface area contributed by atoms with Crippen molar-refractivity contribution in [2.75, 3.05) is 19.5 Å². The van der Waals surface area contributed by atoms with E-state index >= 15 is 0 Å². The van der Waals surface area contributed by atoms with Crippen LogP contribution in [-0.4, -0.2) is 24.1 Å². The Labute approximate surface area is 120 Å². The molecule has 1 aromatic heterocycles. The minimum Gasteiger partial charge on any atom is -0.373 e. The first-order valence-corrected chi connectivity index (χ1v) is 6.80. The van der Waals surface area contributed by atoms with Gasteiger partial charge in [0.15, 0.2) is 5.82 Å². The predicted octanol–water partition coefficient (Wildman–Crippen LogP) is 3.38. The molecule has 0 saturated heterocycles. The molecule has 0 spiro atoms. The van der Waals surface area contributed by atoms with Crippen molar-refractivity contribution in [3.8, 4) is 0 Å². The molecule has 0 fully saturated rings. The maximum Gasteiger partial charge on any atom is 0.164 e. The van der Waals surface area contributed by atoms with Crippen LogP contribution in [0.5, 0.6) is 0 Å². The monoisotopic (exact) mass is 271 g/mol. The van der Waals surface area contributed by atoms with Gasteiger partial charge in [0.2, 0.25) is 0 Å². The number of nitrogens with zero attached hydrogens (tertiary/aromatic N) is 2. The predicted molar refractivity (Wildman–Crippen MR) is 81.0 cm³/mol. The van der Waals surface area contributed by atoms with Gasteiger partial charge in [-0.1, -0.05) is 44.2 Å². The van der Waals surface area contributed by atoms with Crippen molar-refractivity contribution in [2.45, 2.75) is 25.9 Å². The van der Waals surface area contributed by atoms with Gasteiger partial charge in [-0.2, -0.15) is 0 Å². The zero-order valence-corrected chi connectivity index (χ0v) is 12.4. The average molecular weight is 271 g/mol. The van der Waals surface area contributed by atoms with Crippen molar-refractivity contribution >= 4 is 5.82 Å². The number of ether oxygens (including phenoxy) is 1. The summed E-state index contributed by atoms with van der Waals surface area (Å²) in [5.41, 5.74) is 2.07. The largest absolute Gasteiger partial charge is 0.373 e. The molecule has 1 unspecified atom stereocenters. The second-order valence-corrected chi connectivity index (χ2v) is 4.97. The van der Waals surface area contributed by atoms with Gasteiger partial charge >= 0.3 is 0 Å². The zero-order chi connectivity index (χ0) is 14.5. The van der Waals surface area contributed by atoms with E-state index in [-0.39, 0.29) is 6.10 Å². The Kier molecular flexibility index (Phi) is 4.69. The van der Waals surface area contributed by atoms with E-state index in [1.54, 1.807) is 7.11 Å². The van der Waals surface area contributed by atoms with E-state index in [0.29, 0.717) is 11.7 Å². The van der Waals surface area contributed by atoms with Crippen LogP contribution in [0.4, 0.5) is 5.82 Å². The highest BCUT2D eigenvalue weighted by molar-refractivity contribution is 5.37. The minimum absolute atomic E-state index is 0.248. The highest BCUT2D eigenvalue weighted by atomic mass is 16.5. The molecule has 20 heavy (non-hydrogen) atoms. The summed E-state index contributed by atoms with van der Waals surface area (Å²) >= 11 is 0. The van der Waals surface area contributed by atoms with Crippen LogP contribution in [0.15, 0.2) is 36.4 Å². The first-order chi connectivity index (χ1) is 9.65. The number of hydrogen-bond acceptors (Lipinski definition) is 4. The quantitative estimate of drug-likeness (QED) is 0.905. The SMILES string of the molecule is CNc1cc(C(C)C)nc(C(OC)c2ccccc2)n1. The lowest BCUT2D eigenvalue weighted by Crippen LogP contribution is -2.12. The number of anilines is 1. The molecular weight excluding hydrogens is 250 g/mol. The molecule has 2 aromatic rings. The summed E-state index contributed by atoms with van der Waals surface area (Å²) in [5.74, 6) is 1.85. The van der Waals surface area contributed by atoms with E-state index in [2.05, 4.69) is 29.1 Å². The fourth-order valence-corrected chi connectivity index (χ4v) is 2.04. The number of methoxy groups -OCH3 is 1. The molecule has 106 valence electrons. The van der Waals surface area contributed by atoms with Crippen molar-refractivity contribution in [2.24, 2.45) is 0 Å². The molecule has 1 atom stereocenters. The van der Waals surface area contributed by atoms with Gasteiger partial charge in [-0.15, -0.1) is 0 Å². The van der Waals surface area contributed by atoms with Crippen LogP contribution in [0, 0.1) is 0 Å². The summed E-state index contributed by atoms with van der Waals surface area (Å²) in [6.45, 7) is 4.24. The van der Waals surface area contributed by atoms with Gasteiger partial charge in [0, 0.05) is 25.9 Å². The van der Waals surface area contributed by atoms with E-state index in [1.807, 2.05) is 43.4 Å². The van der Waals surface area contributed by atoms with Crippen LogP contribution in [0.25, 0.3) is 0 Å². The molecule has 0 amide bonds. The molecule has 1 N–H and O–H groups in total. The topological polar surface area (TPSA) is 47.0 Å². The maximum absolute atomic E-state index is 5.60. The molecule has 1 heterocycles. The molecular formula is C16H21N3O. The van der Waals surface area contributed by atoms with Gasteiger partial charge in [-0.05, 0) is 11.5 Å². The third-order valence-corrected chi connectivity index (χ3v) is 3.18. The Bertz CT molecular complexity index is 555. The van der Waals surface area contributed by atoms with Crippen LogP contribution in [-0.2, 0) is 4.74 Å². The van der Waals surface area contributed by atoms with Gasteiger partial charge < -0.3 is 10.1 Å². The Morgan fingerprint density at radius 3 is 2.35 bits per heavy atom. The highest BCUT2D eigenvalue weighted by Gasteiger charge is 2.18. The van der Waals surface area contributed by atoms with Gasteiger partial charge in [-0.25, -0.2) is 9.97 Å². The number of aromatic nitrogens is 2. The Balaban J connectivity index is 2.46. The second kappa shape index (κ2) is 6.48. The van der Waals surface area contributed by atoms with Crippen LogP contribution in [0.1, 0.15) is 43.0 Å². The van der Waals surface area contributed by atoms with Crippen molar-refractivity contribution < 1.29 is 4.74 Å². The molecule has 0 saturated carbocycles. The average Bonchev–Trinajstić information content (AvgIpc) is 2.48. The van der Waals surface area contributed by atoms with Crippen molar-refractivity contribution in [3.05, 3.63) is 53.5 Å². The molecule has 0 aliphatic rings. The molecule has 0 aliphatic carbocycles. The molecule has 0 aliphatic heterocycles.